The molecule has 0 unspecified atom stereocenters. The van der Waals surface area contributed by atoms with E-state index in [1.54, 1.807) is 0 Å². The van der Waals surface area contributed by atoms with Gasteiger partial charge in [-0.3, -0.25) is 0 Å². The number of benzene rings is 9. The van der Waals surface area contributed by atoms with E-state index in [-0.39, 0.29) is 5.41 Å². The smallest absolute Gasteiger partial charge is 0.0468 e. The highest BCUT2D eigenvalue weighted by Crippen LogP contribution is 2.52. The van der Waals surface area contributed by atoms with E-state index in [2.05, 4.69) is 207 Å². The van der Waals surface area contributed by atoms with Gasteiger partial charge in [0.2, 0.25) is 0 Å². The van der Waals surface area contributed by atoms with Gasteiger partial charge in [0, 0.05) is 62.8 Å². The van der Waals surface area contributed by atoms with Crippen LogP contribution in [0.25, 0.3) is 84.5 Å². The Balaban J connectivity index is 0.984. The molecule has 0 spiro atoms. The van der Waals surface area contributed by atoms with Crippen molar-refractivity contribution in [3.8, 4) is 33.4 Å². The molecule has 12 rings (SSSR count). The highest BCUT2D eigenvalue weighted by atomic mass is 32.1. The summed E-state index contributed by atoms with van der Waals surface area (Å²) in [4.78, 5) is 2.42. The highest BCUT2D eigenvalue weighted by molar-refractivity contribution is 7.27. The molecule has 0 radical (unpaired) electrons. The molecule has 2 aromatic heterocycles. The van der Waals surface area contributed by atoms with Gasteiger partial charge >= 0.3 is 0 Å². The molecule has 11 aromatic rings. The van der Waals surface area contributed by atoms with E-state index < -0.39 is 0 Å². The SMILES string of the molecule is CC1(C)c2ccccc2-c2c(-c3ccc(N(c4ccc(-c5cccc6c5sc5c7ccccc7ccc65)cc4)c4ccc5sc6ccccc6c5c4)cc3)cccc21. The molecule has 3 heteroatoms. The molecule has 0 fully saturated rings. The lowest BCUT2D eigenvalue weighted by molar-refractivity contribution is 0.660. The van der Waals surface area contributed by atoms with Crippen molar-refractivity contribution in [2.75, 3.05) is 4.90 Å². The third-order valence-electron chi connectivity index (χ3n) is 12.5. The first-order chi connectivity index (χ1) is 28.5. The normalized spacial score (nSPS) is 13.1. The second-order valence-corrected chi connectivity index (χ2v) is 18.2. The Morgan fingerprint density at radius 1 is 0.379 bits per heavy atom. The van der Waals surface area contributed by atoms with Crippen molar-refractivity contribution in [2.45, 2.75) is 19.3 Å². The van der Waals surface area contributed by atoms with Crippen LogP contribution in [0.5, 0.6) is 0 Å². The molecule has 0 N–H and O–H groups in total. The number of nitrogens with zero attached hydrogens (tertiary/aromatic N) is 1. The molecule has 0 aliphatic heterocycles. The Morgan fingerprint density at radius 2 is 0.966 bits per heavy atom. The van der Waals surface area contributed by atoms with Gasteiger partial charge in [-0.1, -0.05) is 153 Å². The molecule has 0 saturated carbocycles. The summed E-state index contributed by atoms with van der Waals surface area (Å²) in [5, 5.41) is 7.86. The van der Waals surface area contributed by atoms with E-state index in [0.29, 0.717) is 0 Å². The van der Waals surface area contributed by atoms with Gasteiger partial charge in [0.25, 0.3) is 0 Å². The largest absolute Gasteiger partial charge is 0.310 e. The Morgan fingerprint density at radius 3 is 1.79 bits per heavy atom. The maximum Gasteiger partial charge on any atom is 0.0468 e. The summed E-state index contributed by atoms with van der Waals surface area (Å²) in [6.45, 7) is 4.71. The summed E-state index contributed by atoms with van der Waals surface area (Å²) in [5.41, 5.74) is 13.9. The van der Waals surface area contributed by atoms with Crippen molar-refractivity contribution in [1.82, 2.24) is 0 Å². The van der Waals surface area contributed by atoms with Crippen molar-refractivity contribution < 1.29 is 0 Å². The van der Waals surface area contributed by atoms with Crippen molar-refractivity contribution in [1.29, 1.82) is 0 Å². The van der Waals surface area contributed by atoms with Crippen LogP contribution >= 0.6 is 22.7 Å². The van der Waals surface area contributed by atoms with Crippen LogP contribution in [0.15, 0.2) is 188 Å². The van der Waals surface area contributed by atoms with Crippen molar-refractivity contribution >= 4 is 90.9 Å². The maximum atomic E-state index is 2.42. The summed E-state index contributed by atoms with van der Waals surface area (Å²) in [7, 11) is 0. The molecule has 9 aromatic carbocycles. The molecule has 0 saturated heterocycles. The Labute approximate surface area is 345 Å². The molecule has 0 atom stereocenters. The van der Waals surface area contributed by atoms with E-state index >= 15 is 0 Å². The third-order valence-corrected chi connectivity index (χ3v) is 14.9. The zero-order valence-corrected chi connectivity index (χ0v) is 33.8. The minimum Gasteiger partial charge on any atom is -0.310 e. The molecule has 0 amide bonds. The van der Waals surface area contributed by atoms with Crippen LogP contribution < -0.4 is 4.90 Å². The lowest BCUT2D eigenvalue weighted by Gasteiger charge is -2.26. The summed E-state index contributed by atoms with van der Waals surface area (Å²) < 4.78 is 5.32. The van der Waals surface area contributed by atoms with Gasteiger partial charge in [-0.25, -0.2) is 0 Å². The second kappa shape index (κ2) is 12.7. The Kier molecular flexibility index (Phi) is 7.38. The van der Waals surface area contributed by atoms with Crippen molar-refractivity contribution in [2.24, 2.45) is 0 Å². The van der Waals surface area contributed by atoms with E-state index in [1.807, 2.05) is 22.7 Å². The predicted octanol–water partition coefficient (Wildman–Crippen LogP) is 16.7. The molecular weight excluding hydrogens is 739 g/mol. The van der Waals surface area contributed by atoms with Crippen LogP contribution in [0.2, 0.25) is 0 Å². The number of fused-ring (bicyclic) bond motifs is 11. The van der Waals surface area contributed by atoms with E-state index in [4.69, 9.17) is 0 Å². The summed E-state index contributed by atoms with van der Waals surface area (Å²) in [5.74, 6) is 0. The van der Waals surface area contributed by atoms with Crippen LogP contribution in [-0.2, 0) is 5.41 Å². The molecular formula is C55H37NS2. The number of hydrogen-bond donors (Lipinski definition) is 0. The van der Waals surface area contributed by atoms with Crippen LogP contribution in [0.1, 0.15) is 25.0 Å². The number of hydrogen-bond acceptors (Lipinski definition) is 3. The van der Waals surface area contributed by atoms with Gasteiger partial charge in [-0.2, -0.15) is 0 Å². The van der Waals surface area contributed by atoms with E-state index in [9.17, 15) is 0 Å². The fourth-order valence-electron chi connectivity index (χ4n) is 9.63. The van der Waals surface area contributed by atoms with Crippen molar-refractivity contribution in [3.63, 3.8) is 0 Å². The maximum absolute atomic E-state index is 2.42. The van der Waals surface area contributed by atoms with Gasteiger partial charge < -0.3 is 4.90 Å². The van der Waals surface area contributed by atoms with Crippen LogP contribution in [0.3, 0.4) is 0 Å². The van der Waals surface area contributed by atoms with Crippen LogP contribution in [0.4, 0.5) is 17.1 Å². The fraction of sp³-hybridized carbons (Fsp3) is 0.0545. The first kappa shape index (κ1) is 33.6. The van der Waals surface area contributed by atoms with Crippen LogP contribution in [-0.4, -0.2) is 0 Å². The zero-order valence-electron chi connectivity index (χ0n) is 32.2. The first-order valence-corrected chi connectivity index (χ1v) is 21.6. The third kappa shape index (κ3) is 5.00. The Bertz CT molecular complexity index is 3420. The monoisotopic (exact) mass is 775 g/mol. The number of thiophene rings is 2. The molecule has 1 aliphatic rings. The van der Waals surface area contributed by atoms with Crippen molar-refractivity contribution in [3.05, 3.63) is 199 Å². The van der Waals surface area contributed by atoms with E-state index in [0.717, 1.165) is 17.1 Å². The number of anilines is 3. The lowest BCUT2D eigenvalue weighted by atomic mass is 9.82. The fourth-order valence-corrected chi connectivity index (χ4v) is 12.1. The Hall–Kier alpha value is -6.52. The zero-order chi connectivity index (χ0) is 38.5. The van der Waals surface area contributed by atoms with Gasteiger partial charge in [0.05, 0.1) is 0 Å². The van der Waals surface area contributed by atoms with Gasteiger partial charge in [0.1, 0.15) is 0 Å². The highest BCUT2D eigenvalue weighted by Gasteiger charge is 2.36. The summed E-state index contributed by atoms with van der Waals surface area (Å²) >= 11 is 3.78. The topological polar surface area (TPSA) is 3.24 Å². The molecule has 1 nitrogen and oxygen atoms in total. The van der Waals surface area contributed by atoms with Crippen LogP contribution in [0, 0.1) is 0 Å². The van der Waals surface area contributed by atoms with Gasteiger partial charge in [0.15, 0.2) is 0 Å². The molecule has 1 aliphatic carbocycles. The quantitative estimate of drug-likeness (QED) is 0.168. The minimum absolute atomic E-state index is 0.0355. The lowest BCUT2D eigenvalue weighted by Crippen LogP contribution is -2.14. The minimum atomic E-state index is -0.0355. The van der Waals surface area contributed by atoms with Gasteiger partial charge in [-0.05, 0) is 104 Å². The van der Waals surface area contributed by atoms with E-state index in [1.165, 1.54) is 95.6 Å². The number of rotatable bonds is 5. The molecule has 58 heavy (non-hydrogen) atoms. The first-order valence-electron chi connectivity index (χ1n) is 20.0. The predicted molar refractivity (Wildman–Crippen MR) is 253 cm³/mol. The molecule has 274 valence electrons. The van der Waals surface area contributed by atoms with Gasteiger partial charge in [-0.15, -0.1) is 22.7 Å². The average Bonchev–Trinajstić information content (AvgIpc) is 3.92. The summed E-state index contributed by atoms with van der Waals surface area (Å²) in [6.07, 6.45) is 0. The second-order valence-electron chi connectivity index (χ2n) is 16.1. The summed E-state index contributed by atoms with van der Waals surface area (Å²) in [6, 6.07) is 70.0. The molecule has 2 heterocycles. The standard InChI is InChI=1S/C55H37NS2/c1-55(2)48-18-7-5-14-46(48)52-40(15-10-19-49(52)55)35-21-26-37(27-22-35)56(39-30-32-51-47(33-39)43-13-6-8-20-50(43)57-51)38-28-23-36(24-29-38)42-16-9-17-44-45-31-25-34-11-3-4-12-41(34)54(45)58-53(42)44/h3-33H,1-2H3. The molecule has 0 bridgehead atoms. The average molecular weight is 776 g/mol.